The minimum Gasteiger partial charge on any atom is -0.488 e. The summed E-state index contributed by atoms with van der Waals surface area (Å²) in [6.45, 7) is 3.08. The molecule has 0 saturated carbocycles. The van der Waals surface area contributed by atoms with Crippen LogP contribution in [0, 0.1) is 0 Å². The second-order valence-electron chi connectivity index (χ2n) is 5.26. The van der Waals surface area contributed by atoms with E-state index in [1.165, 1.54) is 0 Å². The Morgan fingerprint density at radius 2 is 1.83 bits per heavy atom. The van der Waals surface area contributed by atoms with Crippen LogP contribution in [0.2, 0.25) is 0 Å². The van der Waals surface area contributed by atoms with Gasteiger partial charge in [-0.1, -0.05) is 42.5 Å². The summed E-state index contributed by atoms with van der Waals surface area (Å²) in [4.78, 5) is 12.6. The Hall–Kier alpha value is -3.08. The number of aryl methyl sites for hydroxylation is 1. The molecular weight excluding hydrogens is 302 g/mol. The van der Waals surface area contributed by atoms with E-state index in [-0.39, 0.29) is 5.91 Å². The van der Waals surface area contributed by atoms with Crippen LogP contribution in [0.5, 0.6) is 5.75 Å². The number of nitrogens with one attached hydrogen (secondary N) is 1. The van der Waals surface area contributed by atoms with Gasteiger partial charge in [0.05, 0.1) is 11.8 Å². The van der Waals surface area contributed by atoms with E-state index >= 15 is 0 Å². The van der Waals surface area contributed by atoms with Gasteiger partial charge in [0.1, 0.15) is 18.2 Å². The summed E-state index contributed by atoms with van der Waals surface area (Å²) in [5.74, 6) is 1.01. The van der Waals surface area contributed by atoms with Gasteiger partial charge in [0.15, 0.2) is 0 Å². The molecule has 1 heterocycles. The third kappa shape index (κ3) is 3.63. The van der Waals surface area contributed by atoms with E-state index in [1.807, 2.05) is 49.4 Å². The summed E-state index contributed by atoms with van der Waals surface area (Å²) in [6.07, 6.45) is 1.66. The molecule has 24 heavy (non-hydrogen) atoms. The average molecular weight is 321 g/mol. The predicted molar refractivity (Wildman–Crippen MR) is 93.1 cm³/mol. The first-order valence-corrected chi connectivity index (χ1v) is 7.87. The molecule has 0 unspecified atom stereocenters. The van der Waals surface area contributed by atoms with Crippen molar-refractivity contribution in [3.05, 3.63) is 78.0 Å². The number of hydrogen-bond acceptors (Lipinski definition) is 3. The van der Waals surface area contributed by atoms with Gasteiger partial charge in [-0.25, -0.2) is 4.68 Å². The fraction of sp³-hybridized carbons (Fsp3) is 0.158. The van der Waals surface area contributed by atoms with Crippen LogP contribution in [0.3, 0.4) is 0 Å². The topological polar surface area (TPSA) is 56.2 Å². The molecule has 122 valence electrons. The first kappa shape index (κ1) is 15.8. The minimum atomic E-state index is -0.214. The molecule has 0 atom stereocenters. The number of hydrogen-bond donors (Lipinski definition) is 1. The number of aromatic nitrogens is 2. The molecule has 0 bridgehead atoms. The maximum Gasteiger partial charge on any atom is 0.260 e. The summed E-state index contributed by atoms with van der Waals surface area (Å²) >= 11 is 0. The summed E-state index contributed by atoms with van der Waals surface area (Å²) in [7, 11) is 0. The number of nitrogens with zero attached hydrogens (tertiary/aromatic N) is 2. The van der Waals surface area contributed by atoms with Crippen LogP contribution in [0.4, 0.5) is 5.82 Å². The third-order valence-corrected chi connectivity index (χ3v) is 3.63. The van der Waals surface area contributed by atoms with Crippen molar-refractivity contribution in [2.45, 2.75) is 20.1 Å². The Morgan fingerprint density at radius 1 is 1.08 bits per heavy atom. The zero-order chi connectivity index (χ0) is 16.8. The van der Waals surface area contributed by atoms with E-state index in [4.69, 9.17) is 4.74 Å². The number of rotatable bonds is 6. The van der Waals surface area contributed by atoms with E-state index < -0.39 is 0 Å². The molecular formula is C19H19N3O2. The first-order valence-electron chi connectivity index (χ1n) is 7.87. The standard InChI is InChI=1S/C19H19N3O2/c1-2-22-18(12-13-20-22)21-19(23)16-10-6-7-11-17(16)24-14-15-8-4-3-5-9-15/h3-13H,2,14H2,1H3,(H,21,23). The molecule has 0 fully saturated rings. The van der Waals surface area contributed by atoms with Gasteiger partial charge < -0.3 is 10.1 Å². The van der Waals surface area contributed by atoms with Crippen molar-refractivity contribution in [3.63, 3.8) is 0 Å². The lowest BCUT2D eigenvalue weighted by Gasteiger charge is -2.12. The normalized spacial score (nSPS) is 10.4. The van der Waals surface area contributed by atoms with Crippen molar-refractivity contribution in [1.29, 1.82) is 0 Å². The third-order valence-electron chi connectivity index (χ3n) is 3.63. The van der Waals surface area contributed by atoms with Crippen molar-refractivity contribution in [3.8, 4) is 5.75 Å². The Bertz CT molecular complexity index is 812. The fourth-order valence-corrected chi connectivity index (χ4v) is 2.39. The molecule has 5 heteroatoms. The lowest BCUT2D eigenvalue weighted by molar-refractivity contribution is 0.102. The lowest BCUT2D eigenvalue weighted by atomic mass is 10.2. The van der Waals surface area contributed by atoms with Crippen LogP contribution < -0.4 is 10.1 Å². The Kier molecular flexibility index (Phi) is 4.91. The summed E-state index contributed by atoms with van der Waals surface area (Å²) in [6, 6.07) is 18.9. The van der Waals surface area contributed by atoms with Crippen LogP contribution >= 0.6 is 0 Å². The minimum absolute atomic E-state index is 0.214. The molecule has 0 aliphatic carbocycles. The fourth-order valence-electron chi connectivity index (χ4n) is 2.39. The van der Waals surface area contributed by atoms with Gasteiger partial charge in [-0.2, -0.15) is 5.10 Å². The van der Waals surface area contributed by atoms with Gasteiger partial charge >= 0.3 is 0 Å². The van der Waals surface area contributed by atoms with Crippen molar-refractivity contribution in [1.82, 2.24) is 9.78 Å². The second-order valence-corrected chi connectivity index (χ2v) is 5.26. The maximum absolute atomic E-state index is 12.6. The SMILES string of the molecule is CCn1nccc1NC(=O)c1ccccc1OCc1ccccc1. The molecule has 1 amide bonds. The van der Waals surface area contributed by atoms with Gasteiger partial charge in [-0.05, 0) is 24.6 Å². The van der Waals surface area contributed by atoms with Crippen molar-refractivity contribution in [2.24, 2.45) is 0 Å². The van der Waals surface area contributed by atoms with Crippen molar-refractivity contribution in [2.75, 3.05) is 5.32 Å². The van der Waals surface area contributed by atoms with E-state index in [1.54, 1.807) is 29.1 Å². The number of anilines is 1. The highest BCUT2D eigenvalue weighted by molar-refractivity contribution is 6.05. The van der Waals surface area contributed by atoms with E-state index in [0.717, 1.165) is 5.56 Å². The second kappa shape index (κ2) is 7.46. The number of amides is 1. The molecule has 0 spiro atoms. The van der Waals surface area contributed by atoms with Gasteiger partial charge in [-0.15, -0.1) is 0 Å². The molecule has 2 aromatic carbocycles. The number of benzene rings is 2. The van der Waals surface area contributed by atoms with Gasteiger partial charge in [0, 0.05) is 12.6 Å². The van der Waals surface area contributed by atoms with Crippen molar-refractivity contribution >= 4 is 11.7 Å². The zero-order valence-electron chi connectivity index (χ0n) is 13.5. The number of ether oxygens (including phenoxy) is 1. The molecule has 1 aromatic heterocycles. The van der Waals surface area contributed by atoms with Gasteiger partial charge in [0.2, 0.25) is 0 Å². The molecule has 3 rings (SSSR count). The Labute approximate surface area is 140 Å². The van der Waals surface area contributed by atoms with E-state index in [9.17, 15) is 4.79 Å². The number of para-hydroxylation sites is 1. The van der Waals surface area contributed by atoms with Crippen LogP contribution in [0.15, 0.2) is 66.9 Å². The quantitative estimate of drug-likeness (QED) is 0.752. The maximum atomic E-state index is 12.6. The van der Waals surface area contributed by atoms with Crippen LogP contribution in [-0.2, 0) is 13.2 Å². The number of carbonyl (C=O) groups is 1. The number of carbonyl (C=O) groups excluding carboxylic acids is 1. The highest BCUT2D eigenvalue weighted by Crippen LogP contribution is 2.21. The predicted octanol–water partition coefficient (Wildman–Crippen LogP) is 3.73. The zero-order valence-corrected chi connectivity index (χ0v) is 13.5. The first-order chi connectivity index (χ1) is 11.8. The molecule has 0 aliphatic heterocycles. The molecule has 0 radical (unpaired) electrons. The largest absolute Gasteiger partial charge is 0.488 e. The Morgan fingerprint density at radius 3 is 2.62 bits per heavy atom. The van der Waals surface area contributed by atoms with E-state index in [2.05, 4.69) is 10.4 Å². The van der Waals surface area contributed by atoms with Gasteiger partial charge in [-0.3, -0.25) is 4.79 Å². The molecule has 0 saturated heterocycles. The highest BCUT2D eigenvalue weighted by atomic mass is 16.5. The molecule has 0 aliphatic rings. The summed E-state index contributed by atoms with van der Waals surface area (Å²) < 4.78 is 7.56. The van der Waals surface area contributed by atoms with Crippen molar-refractivity contribution < 1.29 is 9.53 Å². The molecule has 5 nitrogen and oxygen atoms in total. The Balaban J connectivity index is 1.74. The van der Waals surface area contributed by atoms with Crippen LogP contribution in [0.25, 0.3) is 0 Å². The smallest absolute Gasteiger partial charge is 0.260 e. The van der Waals surface area contributed by atoms with Crippen LogP contribution in [-0.4, -0.2) is 15.7 Å². The summed E-state index contributed by atoms with van der Waals surface area (Å²) in [5.41, 5.74) is 1.55. The van der Waals surface area contributed by atoms with E-state index in [0.29, 0.717) is 30.3 Å². The summed E-state index contributed by atoms with van der Waals surface area (Å²) in [5, 5.41) is 7.03. The lowest BCUT2D eigenvalue weighted by Crippen LogP contribution is -2.16. The molecule has 1 N–H and O–H groups in total. The monoisotopic (exact) mass is 321 g/mol. The van der Waals surface area contributed by atoms with Gasteiger partial charge in [0.25, 0.3) is 5.91 Å². The van der Waals surface area contributed by atoms with Crippen LogP contribution in [0.1, 0.15) is 22.8 Å². The average Bonchev–Trinajstić information content (AvgIpc) is 3.08. The molecule has 3 aromatic rings. The highest BCUT2D eigenvalue weighted by Gasteiger charge is 2.14.